The molecule has 7 heteroatoms. The van der Waals surface area contributed by atoms with Crippen LogP contribution in [0.3, 0.4) is 0 Å². The number of alkyl halides is 3. The molecule has 0 aliphatic heterocycles. The molecular weight excluding hydrogens is 215 g/mol. The second-order valence-corrected chi connectivity index (χ2v) is 4.51. The van der Waals surface area contributed by atoms with Gasteiger partial charge in [-0.25, -0.2) is 0 Å². The molecule has 1 aliphatic carbocycles. The summed E-state index contributed by atoms with van der Waals surface area (Å²) in [5.74, 6) is 0. The molecule has 1 aliphatic rings. The fourth-order valence-corrected chi connectivity index (χ4v) is 1.85. The first-order chi connectivity index (χ1) is 6.43. The molecule has 0 saturated heterocycles. The zero-order chi connectivity index (χ0) is 10.4. The van der Waals surface area contributed by atoms with Crippen LogP contribution in [-0.2, 0) is 0 Å². The molecular formula is C7H8F3N3S. The Bertz CT molecular complexity index is 342. The van der Waals surface area contributed by atoms with Gasteiger partial charge in [-0.15, -0.1) is 10.2 Å². The fourth-order valence-electron chi connectivity index (χ4n) is 1.16. The number of aromatic nitrogens is 2. The van der Waals surface area contributed by atoms with Gasteiger partial charge in [0.05, 0.1) is 0 Å². The Morgan fingerprint density at radius 2 is 2.00 bits per heavy atom. The van der Waals surface area contributed by atoms with E-state index in [1.165, 1.54) is 0 Å². The first-order valence-corrected chi connectivity index (χ1v) is 4.90. The summed E-state index contributed by atoms with van der Waals surface area (Å²) in [4.78, 5) is 0. The van der Waals surface area contributed by atoms with Crippen molar-refractivity contribution in [3.05, 3.63) is 5.01 Å². The average Bonchev–Trinajstić information content (AvgIpc) is 2.71. The van der Waals surface area contributed by atoms with E-state index in [1.807, 2.05) is 0 Å². The van der Waals surface area contributed by atoms with Crippen LogP contribution in [0.25, 0.3) is 0 Å². The van der Waals surface area contributed by atoms with Gasteiger partial charge in [-0.3, -0.25) is 0 Å². The monoisotopic (exact) mass is 223 g/mol. The lowest BCUT2D eigenvalue weighted by molar-refractivity contribution is -0.151. The largest absolute Gasteiger partial charge is 0.411 e. The number of rotatable bonds is 2. The number of halogens is 3. The Morgan fingerprint density at radius 3 is 2.36 bits per heavy atom. The van der Waals surface area contributed by atoms with Crippen molar-refractivity contribution < 1.29 is 13.2 Å². The highest BCUT2D eigenvalue weighted by Crippen LogP contribution is 2.51. The molecule has 1 fully saturated rings. The fraction of sp³-hybridized carbons (Fsp3) is 0.714. The summed E-state index contributed by atoms with van der Waals surface area (Å²) < 4.78 is 37.4. The van der Waals surface area contributed by atoms with Crippen molar-refractivity contribution in [3.8, 4) is 0 Å². The van der Waals surface area contributed by atoms with Crippen molar-refractivity contribution in [2.24, 2.45) is 0 Å². The van der Waals surface area contributed by atoms with Gasteiger partial charge in [-0.2, -0.15) is 13.2 Å². The molecule has 0 radical (unpaired) electrons. The first-order valence-electron chi connectivity index (χ1n) is 4.08. The molecule has 3 nitrogen and oxygen atoms in total. The predicted octanol–water partition coefficient (Wildman–Crippen LogP) is 2.35. The summed E-state index contributed by atoms with van der Waals surface area (Å²) in [6.45, 7) is 1.70. The van der Waals surface area contributed by atoms with Gasteiger partial charge in [0.2, 0.25) is 5.13 Å². The van der Waals surface area contributed by atoms with Gasteiger partial charge in [0.1, 0.15) is 10.5 Å². The van der Waals surface area contributed by atoms with E-state index < -0.39 is 11.7 Å². The first kappa shape index (κ1) is 9.70. The van der Waals surface area contributed by atoms with Crippen LogP contribution in [0.1, 0.15) is 17.8 Å². The van der Waals surface area contributed by atoms with Gasteiger partial charge >= 0.3 is 6.18 Å². The molecule has 0 unspecified atom stereocenters. The highest BCUT2D eigenvalue weighted by atomic mass is 32.1. The lowest BCUT2D eigenvalue weighted by Crippen LogP contribution is -2.38. The summed E-state index contributed by atoms with van der Waals surface area (Å²) in [6.07, 6.45) is -3.96. The van der Waals surface area contributed by atoms with Crippen LogP contribution >= 0.6 is 11.3 Å². The van der Waals surface area contributed by atoms with Crippen LogP contribution in [0.15, 0.2) is 0 Å². The minimum atomic E-state index is -4.20. The Hall–Kier alpha value is -0.850. The van der Waals surface area contributed by atoms with Gasteiger partial charge < -0.3 is 5.32 Å². The van der Waals surface area contributed by atoms with E-state index in [2.05, 4.69) is 15.5 Å². The van der Waals surface area contributed by atoms with Gasteiger partial charge in [-0.05, 0) is 19.8 Å². The number of hydrogen-bond acceptors (Lipinski definition) is 4. The van der Waals surface area contributed by atoms with Crippen LogP contribution in [-0.4, -0.2) is 21.9 Å². The highest BCUT2D eigenvalue weighted by molar-refractivity contribution is 7.15. The Kier molecular flexibility index (Phi) is 1.95. The zero-order valence-corrected chi connectivity index (χ0v) is 8.17. The third kappa shape index (κ3) is 1.56. The number of hydrogen-bond donors (Lipinski definition) is 1. The lowest BCUT2D eigenvalue weighted by Gasteiger charge is -2.19. The van der Waals surface area contributed by atoms with Gasteiger partial charge in [-0.1, -0.05) is 11.3 Å². The minimum Gasteiger partial charge on any atom is -0.346 e. The minimum absolute atomic E-state index is 0.120. The molecule has 1 aromatic heterocycles. The van der Waals surface area contributed by atoms with E-state index in [9.17, 15) is 13.2 Å². The number of nitrogens with zero attached hydrogens (tertiary/aromatic N) is 2. The molecule has 1 N–H and O–H groups in total. The second-order valence-electron chi connectivity index (χ2n) is 3.33. The van der Waals surface area contributed by atoms with E-state index >= 15 is 0 Å². The van der Waals surface area contributed by atoms with Crippen LogP contribution in [0, 0.1) is 6.92 Å². The second kappa shape index (κ2) is 2.82. The number of anilines is 1. The molecule has 78 valence electrons. The standard InChI is InChI=1S/C7H8F3N3S/c1-4-12-13-5(14-4)11-6(2-3-6)7(8,9)10/h2-3H2,1H3,(H,11,13). The SMILES string of the molecule is Cc1nnc(NC2(C(F)(F)F)CC2)s1. The molecule has 0 atom stereocenters. The third-order valence-corrected chi connectivity index (χ3v) is 2.92. The van der Waals surface area contributed by atoms with Crippen LogP contribution in [0.5, 0.6) is 0 Å². The topological polar surface area (TPSA) is 37.8 Å². The van der Waals surface area contributed by atoms with Gasteiger partial charge in [0.25, 0.3) is 0 Å². The average molecular weight is 223 g/mol. The zero-order valence-electron chi connectivity index (χ0n) is 7.35. The highest BCUT2D eigenvalue weighted by Gasteiger charge is 2.63. The molecule has 1 aromatic rings. The van der Waals surface area contributed by atoms with E-state index in [4.69, 9.17) is 0 Å². The van der Waals surface area contributed by atoms with E-state index in [0.29, 0.717) is 5.01 Å². The van der Waals surface area contributed by atoms with E-state index in [1.54, 1.807) is 6.92 Å². The van der Waals surface area contributed by atoms with Gasteiger partial charge in [0.15, 0.2) is 0 Å². The smallest absolute Gasteiger partial charge is 0.346 e. The molecule has 2 rings (SSSR count). The van der Waals surface area contributed by atoms with Crippen molar-refractivity contribution in [2.75, 3.05) is 5.32 Å². The lowest BCUT2D eigenvalue weighted by atomic mass is 10.3. The van der Waals surface area contributed by atoms with Crippen molar-refractivity contribution in [1.82, 2.24) is 10.2 Å². The summed E-state index contributed by atoms with van der Waals surface area (Å²) >= 11 is 1.14. The quantitative estimate of drug-likeness (QED) is 0.836. The number of nitrogens with one attached hydrogen (secondary N) is 1. The molecule has 14 heavy (non-hydrogen) atoms. The Balaban J connectivity index is 2.12. The van der Waals surface area contributed by atoms with Crippen molar-refractivity contribution in [1.29, 1.82) is 0 Å². The summed E-state index contributed by atoms with van der Waals surface area (Å²) in [6, 6.07) is 0. The maximum atomic E-state index is 12.5. The summed E-state index contributed by atoms with van der Waals surface area (Å²) in [5.41, 5.74) is -1.74. The predicted molar refractivity (Wildman–Crippen MR) is 46.3 cm³/mol. The Labute approximate surface area is 82.3 Å². The molecule has 0 spiro atoms. The molecule has 1 saturated carbocycles. The summed E-state index contributed by atoms with van der Waals surface area (Å²) in [5, 5.41) is 10.6. The van der Waals surface area contributed by atoms with E-state index in [-0.39, 0.29) is 18.0 Å². The molecule has 0 amide bonds. The maximum absolute atomic E-state index is 12.5. The third-order valence-electron chi connectivity index (χ3n) is 2.16. The van der Waals surface area contributed by atoms with Crippen molar-refractivity contribution in [2.45, 2.75) is 31.5 Å². The van der Waals surface area contributed by atoms with Crippen LogP contribution in [0.2, 0.25) is 0 Å². The van der Waals surface area contributed by atoms with Crippen LogP contribution < -0.4 is 5.32 Å². The van der Waals surface area contributed by atoms with Crippen LogP contribution in [0.4, 0.5) is 18.3 Å². The molecule has 0 bridgehead atoms. The molecule has 0 aromatic carbocycles. The van der Waals surface area contributed by atoms with Crippen molar-refractivity contribution >= 4 is 16.5 Å². The van der Waals surface area contributed by atoms with Gasteiger partial charge in [0, 0.05) is 0 Å². The summed E-state index contributed by atoms with van der Waals surface area (Å²) in [7, 11) is 0. The molecule has 1 heterocycles. The van der Waals surface area contributed by atoms with E-state index in [0.717, 1.165) is 11.3 Å². The normalized spacial score (nSPS) is 19.4. The number of aryl methyl sites for hydroxylation is 1. The van der Waals surface area contributed by atoms with Crippen molar-refractivity contribution in [3.63, 3.8) is 0 Å². The maximum Gasteiger partial charge on any atom is 0.411 e. The Morgan fingerprint density at radius 1 is 1.36 bits per heavy atom.